The van der Waals surface area contributed by atoms with Crippen LogP contribution >= 0.6 is 0 Å². The first-order chi connectivity index (χ1) is 25.5. The van der Waals surface area contributed by atoms with Crippen molar-refractivity contribution < 1.29 is 18.6 Å². The summed E-state index contributed by atoms with van der Waals surface area (Å²) in [6.45, 7) is 14.3. The van der Waals surface area contributed by atoms with Crippen molar-refractivity contribution in [3.8, 4) is 22.8 Å². The van der Waals surface area contributed by atoms with E-state index >= 15 is 0 Å². The fraction of sp³-hybridized carbons (Fsp3) is 0.439. The number of fused-ring (bicyclic) bond motifs is 2. The van der Waals surface area contributed by atoms with E-state index in [4.69, 9.17) is 25.3 Å². The van der Waals surface area contributed by atoms with Gasteiger partial charge >= 0.3 is 0 Å². The number of anilines is 2. The second kappa shape index (κ2) is 14.3. The minimum absolute atomic E-state index is 0.0143. The maximum atomic E-state index is 12.5. The number of benzene rings is 2. The molecule has 0 aliphatic rings. The summed E-state index contributed by atoms with van der Waals surface area (Å²) in [6.07, 6.45) is 2.99. The van der Waals surface area contributed by atoms with Crippen molar-refractivity contribution in [3.63, 3.8) is 0 Å². The second-order valence-electron chi connectivity index (χ2n) is 18.5. The molecule has 0 aliphatic heterocycles. The Morgan fingerprint density at radius 3 is 1.60 bits per heavy atom. The third-order valence-corrected chi connectivity index (χ3v) is 9.24. The van der Waals surface area contributed by atoms with Gasteiger partial charge in [0.05, 0.1) is 79.6 Å². The van der Waals surface area contributed by atoms with E-state index < -0.39 is 0 Å². The Bertz CT molecular complexity index is 2390. The minimum atomic E-state index is -0.309. The van der Waals surface area contributed by atoms with Crippen molar-refractivity contribution in [1.29, 1.82) is 0 Å². The first kappa shape index (κ1) is 39.2. The number of carbonyl (C=O) groups excluding carboxylic acids is 2. The van der Waals surface area contributed by atoms with Crippen molar-refractivity contribution in [2.75, 3.05) is 66.0 Å². The van der Waals surface area contributed by atoms with Crippen molar-refractivity contribution in [1.82, 2.24) is 39.6 Å². The molecule has 0 fully saturated rings. The monoisotopic (exact) mass is 748 g/mol. The van der Waals surface area contributed by atoms with Crippen LogP contribution in [-0.4, -0.2) is 116 Å². The fourth-order valence-electron chi connectivity index (χ4n) is 6.15. The van der Waals surface area contributed by atoms with Gasteiger partial charge in [0.25, 0.3) is 0 Å². The number of rotatable bonds is 11. The molecule has 14 nitrogen and oxygen atoms in total. The number of aromatic nitrogens is 8. The van der Waals surface area contributed by atoms with Gasteiger partial charge in [0.1, 0.15) is 0 Å². The van der Waals surface area contributed by atoms with Gasteiger partial charge in [-0.3, -0.25) is 14.7 Å². The average molecular weight is 749 g/mol. The Hall–Kier alpha value is -5.47. The summed E-state index contributed by atoms with van der Waals surface area (Å²) in [5.74, 6) is 1.06. The topological polar surface area (TPSA) is 147 Å². The summed E-state index contributed by atoms with van der Waals surface area (Å²) >= 11 is 0. The number of nitrogens with one attached hydrogen (secondary N) is 3. The Kier molecular flexibility index (Phi) is 10.2. The molecule has 290 valence electrons. The summed E-state index contributed by atoms with van der Waals surface area (Å²) < 4.78 is 4.79. The van der Waals surface area contributed by atoms with Gasteiger partial charge in [-0.25, -0.2) is 9.97 Å². The second-order valence-corrected chi connectivity index (χ2v) is 18.5. The van der Waals surface area contributed by atoms with Crippen LogP contribution in [-0.2, 0) is 20.4 Å². The molecule has 2 amide bonds. The maximum absolute atomic E-state index is 12.5. The van der Waals surface area contributed by atoms with E-state index in [2.05, 4.69) is 106 Å². The molecular weight excluding hydrogens is 693 g/mol. The highest BCUT2D eigenvalue weighted by Crippen LogP contribution is 2.30. The fourth-order valence-corrected chi connectivity index (χ4v) is 6.15. The number of hydrogen-bond donors (Lipinski definition) is 3. The zero-order chi connectivity index (χ0) is 40.1. The molecule has 2 aromatic carbocycles. The van der Waals surface area contributed by atoms with Crippen molar-refractivity contribution in [3.05, 3.63) is 70.7 Å². The molecular formula is C41H56N12O2+2. The van der Waals surface area contributed by atoms with Gasteiger partial charge in [0.15, 0.2) is 22.9 Å². The maximum Gasteiger partial charge on any atom is 0.230 e. The standard InChI is InChI=1S/C41H54N12O2/c1-40(2,3)34-30(38-44-36(48-50(38)46-34)26-13-17-28(18-14-26)42-32(54)21-23-52(7,8)9)25-31-35(41(4,5)6)47-51-39(31)45-37(49-51)27-15-19-29(20-16-27)43-33(55)22-24-53(10,11)12/h13-20,25H,21-24H2,1-12H3,(H-2,42,43,44,45,46,47,48,49,54,55)/p+2. The Balaban J connectivity index is 1.34. The van der Waals surface area contributed by atoms with E-state index in [0.717, 1.165) is 66.7 Å². The van der Waals surface area contributed by atoms with E-state index in [-0.39, 0.29) is 22.6 Å². The lowest BCUT2D eigenvalue weighted by molar-refractivity contribution is -0.869. The molecule has 6 rings (SSSR count). The van der Waals surface area contributed by atoms with Crippen molar-refractivity contribution >= 4 is 40.6 Å². The van der Waals surface area contributed by atoms with Crippen LogP contribution in [0.3, 0.4) is 0 Å². The molecule has 0 atom stereocenters. The van der Waals surface area contributed by atoms with Crippen molar-refractivity contribution in [2.24, 2.45) is 0 Å². The molecule has 55 heavy (non-hydrogen) atoms. The Morgan fingerprint density at radius 1 is 0.673 bits per heavy atom. The lowest BCUT2D eigenvalue weighted by Gasteiger charge is -2.23. The van der Waals surface area contributed by atoms with Gasteiger partial charge in [-0.1, -0.05) is 41.5 Å². The SMILES string of the molecule is CC(C)(C)c1[nH]n2nc(-c3ccc(NC(=O)CC[N+](C)(C)C)cc3)nc2c1C=c1c(C(C)(C)C)nn2nc(-c3ccc(NC(=O)CC[N+](C)(C)C)cc3)nc12. The normalized spacial score (nSPS) is 13.3. The molecule has 4 aromatic heterocycles. The molecule has 3 N–H and O–H groups in total. The minimum Gasteiger partial charge on any atom is -0.330 e. The number of carbonyl (C=O) groups is 2. The highest BCUT2D eigenvalue weighted by Gasteiger charge is 2.28. The van der Waals surface area contributed by atoms with E-state index in [9.17, 15) is 9.59 Å². The van der Waals surface area contributed by atoms with Gasteiger partial charge in [0.2, 0.25) is 11.8 Å². The average Bonchev–Trinajstić information content (AvgIpc) is 3.84. The number of quaternary nitrogens is 2. The molecule has 0 saturated carbocycles. The van der Waals surface area contributed by atoms with Crippen LogP contribution < -0.4 is 15.9 Å². The predicted octanol–water partition coefficient (Wildman–Crippen LogP) is 5.04. The Morgan fingerprint density at radius 2 is 1.15 bits per heavy atom. The van der Waals surface area contributed by atoms with Gasteiger partial charge in [-0.05, 0) is 54.6 Å². The number of aromatic amines is 1. The smallest absolute Gasteiger partial charge is 0.230 e. The van der Waals surface area contributed by atoms with Gasteiger partial charge < -0.3 is 19.6 Å². The van der Waals surface area contributed by atoms with Gasteiger partial charge in [-0.15, -0.1) is 14.8 Å². The molecule has 0 unspecified atom stereocenters. The van der Waals surface area contributed by atoms with Crippen LogP contribution in [0.25, 0.3) is 40.1 Å². The van der Waals surface area contributed by atoms with Gasteiger partial charge in [0, 0.05) is 44.1 Å². The molecule has 0 radical (unpaired) electrons. The van der Waals surface area contributed by atoms with E-state index in [1.54, 1.807) is 9.26 Å². The van der Waals surface area contributed by atoms with Crippen LogP contribution in [0.5, 0.6) is 0 Å². The highest BCUT2D eigenvalue weighted by molar-refractivity contribution is 5.91. The van der Waals surface area contributed by atoms with Crippen LogP contribution in [0.1, 0.15) is 71.3 Å². The largest absolute Gasteiger partial charge is 0.330 e. The molecule has 0 aliphatic carbocycles. The zero-order valence-corrected chi connectivity index (χ0v) is 34.4. The lowest BCUT2D eigenvalue weighted by atomic mass is 9.88. The predicted molar refractivity (Wildman–Crippen MR) is 217 cm³/mol. The van der Waals surface area contributed by atoms with E-state index in [1.807, 2.05) is 48.5 Å². The molecule has 14 heteroatoms. The molecule has 0 saturated heterocycles. The first-order valence-electron chi connectivity index (χ1n) is 18.7. The van der Waals surface area contributed by atoms with Gasteiger partial charge in [-0.2, -0.15) is 9.73 Å². The summed E-state index contributed by atoms with van der Waals surface area (Å²) in [4.78, 5) is 35.1. The van der Waals surface area contributed by atoms with Crippen LogP contribution in [0.4, 0.5) is 11.4 Å². The molecule has 0 bridgehead atoms. The number of nitrogens with zero attached hydrogens (tertiary/aromatic N) is 9. The summed E-state index contributed by atoms with van der Waals surface area (Å²) in [5.41, 5.74) is 6.56. The molecule has 4 heterocycles. The highest BCUT2D eigenvalue weighted by atomic mass is 16.2. The lowest BCUT2D eigenvalue weighted by Crippen LogP contribution is -2.37. The van der Waals surface area contributed by atoms with E-state index in [0.29, 0.717) is 35.8 Å². The van der Waals surface area contributed by atoms with E-state index in [1.165, 1.54) is 0 Å². The number of hydrogen-bond acceptors (Lipinski definition) is 7. The summed E-state index contributed by atoms with van der Waals surface area (Å²) in [7, 11) is 12.4. The van der Waals surface area contributed by atoms with Crippen LogP contribution in [0, 0.1) is 0 Å². The first-order valence-corrected chi connectivity index (χ1v) is 18.7. The third-order valence-electron chi connectivity index (χ3n) is 9.24. The Labute approximate surface area is 322 Å². The third kappa shape index (κ3) is 9.26. The van der Waals surface area contributed by atoms with Crippen molar-refractivity contribution in [2.45, 2.75) is 65.2 Å². The summed E-state index contributed by atoms with van der Waals surface area (Å²) in [5, 5.41) is 24.9. The van der Waals surface area contributed by atoms with Crippen LogP contribution in [0.15, 0.2) is 48.5 Å². The number of amides is 2. The molecule has 6 aromatic rings. The number of H-pyrrole nitrogens is 1. The zero-order valence-electron chi connectivity index (χ0n) is 34.4. The quantitative estimate of drug-likeness (QED) is 0.157. The molecule has 0 spiro atoms. The van der Waals surface area contributed by atoms with Crippen LogP contribution in [0.2, 0.25) is 0 Å². The summed E-state index contributed by atoms with van der Waals surface area (Å²) in [6, 6.07) is 15.2.